The molecule has 0 spiro atoms. The van der Waals surface area contributed by atoms with Crippen LogP contribution in [0.3, 0.4) is 0 Å². The Morgan fingerprint density at radius 3 is 2.10 bits per heavy atom. The molecule has 6 nitrogen and oxygen atoms in total. The molecule has 0 aromatic heterocycles. The third-order valence-corrected chi connectivity index (χ3v) is 7.25. The number of rotatable bonds is 8. The molecular weight excluding hydrogens is 537 g/mol. The lowest BCUT2D eigenvalue weighted by Crippen LogP contribution is -2.31. The minimum atomic E-state index is -0.876. The summed E-state index contributed by atoms with van der Waals surface area (Å²) in [5, 5.41) is 0.920. The summed E-state index contributed by atoms with van der Waals surface area (Å²) in [7, 11) is 0. The van der Waals surface area contributed by atoms with Gasteiger partial charge in [-0.05, 0) is 59.5 Å². The van der Waals surface area contributed by atoms with E-state index in [1.807, 2.05) is 36.4 Å². The highest BCUT2D eigenvalue weighted by atomic mass is 35.5. The van der Waals surface area contributed by atoms with Crippen LogP contribution in [0.25, 0.3) is 11.1 Å². The molecule has 1 aliphatic carbocycles. The monoisotopic (exact) mass is 561 g/mol. The Bertz CT molecular complexity index is 1490. The summed E-state index contributed by atoms with van der Waals surface area (Å²) >= 11 is 12.5. The van der Waals surface area contributed by atoms with Gasteiger partial charge in [-0.1, -0.05) is 77.8 Å². The van der Waals surface area contributed by atoms with Gasteiger partial charge in [-0.15, -0.1) is 0 Å². The van der Waals surface area contributed by atoms with Crippen LogP contribution >= 0.6 is 23.2 Å². The van der Waals surface area contributed by atoms with Crippen LogP contribution in [0.1, 0.15) is 39.9 Å². The number of benzene rings is 4. The van der Waals surface area contributed by atoms with Crippen molar-refractivity contribution in [2.75, 3.05) is 6.61 Å². The van der Waals surface area contributed by atoms with E-state index in [-0.39, 0.29) is 30.4 Å². The van der Waals surface area contributed by atoms with E-state index in [0.717, 1.165) is 22.3 Å². The highest BCUT2D eigenvalue weighted by Gasteiger charge is 2.30. The zero-order valence-electron chi connectivity index (χ0n) is 21.0. The van der Waals surface area contributed by atoms with Gasteiger partial charge in [0.05, 0.1) is 0 Å². The highest BCUT2D eigenvalue weighted by molar-refractivity contribution is 6.35. The van der Waals surface area contributed by atoms with Gasteiger partial charge in [-0.25, -0.2) is 9.59 Å². The molecule has 8 heteroatoms. The number of ether oxygens (including phenoxy) is 3. The molecule has 1 atom stereocenters. The van der Waals surface area contributed by atoms with Gasteiger partial charge in [-0.2, -0.15) is 0 Å². The third kappa shape index (κ3) is 5.64. The zero-order valence-corrected chi connectivity index (χ0v) is 22.5. The number of hydrogen-bond acceptors (Lipinski definition) is 6. The van der Waals surface area contributed by atoms with Gasteiger partial charge in [0, 0.05) is 21.5 Å². The Hall–Kier alpha value is -3.84. The molecule has 0 aliphatic heterocycles. The SMILES string of the molecule is C[C@H](N)C(=O)Oc1ccc(OCc2c(Cl)cccc2Cl)cc1C(=O)OCC1c2ccccc2-c2ccccc21. The molecule has 198 valence electrons. The number of nitrogens with two attached hydrogens (primary N) is 1. The molecule has 0 saturated carbocycles. The van der Waals surface area contributed by atoms with Crippen LogP contribution in [0, 0.1) is 0 Å². The van der Waals surface area contributed by atoms with Gasteiger partial charge in [0.1, 0.15) is 36.3 Å². The van der Waals surface area contributed by atoms with Crippen LogP contribution in [0.5, 0.6) is 11.5 Å². The molecule has 0 heterocycles. The van der Waals surface area contributed by atoms with Crippen molar-refractivity contribution in [2.24, 2.45) is 5.73 Å². The van der Waals surface area contributed by atoms with E-state index in [4.69, 9.17) is 43.1 Å². The molecule has 5 rings (SSSR count). The normalized spacial score (nSPS) is 12.8. The fourth-order valence-corrected chi connectivity index (χ4v) is 5.06. The quantitative estimate of drug-likeness (QED) is 0.188. The summed E-state index contributed by atoms with van der Waals surface area (Å²) < 4.78 is 17.1. The first-order chi connectivity index (χ1) is 18.8. The van der Waals surface area contributed by atoms with E-state index in [9.17, 15) is 9.59 Å². The van der Waals surface area contributed by atoms with E-state index >= 15 is 0 Å². The Morgan fingerprint density at radius 2 is 1.49 bits per heavy atom. The molecule has 4 aromatic rings. The standard InChI is InChI=1S/C31H25Cl2NO5/c1-18(34)30(35)39-29-14-13-19(37-17-26-27(32)11-6-12-28(26)33)15-24(29)31(36)38-16-25-22-9-4-2-7-20(22)21-8-3-5-10-23(21)25/h2-15,18,25H,16-17,34H2,1H3/t18-/m0/s1. The Balaban J connectivity index is 1.39. The summed E-state index contributed by atoms with van der Waals surface area (Å²) in [6.07, 6.45) is 0. The van der Waals surface area contributed by atoms with Crippen LogP contribution < -0.4 is 15.2 Å². The fraction of sp³-hybridized carbons (Fsp3) is 0.161. The van der Waals surface area contributed by atoms with E-state index < -0.39 is 18.0 Å². The van der Waals surface area contributed by atoms with Crippen LogP contribution in [0.15, 0.2) is 84.9 Å². The van der Waals surface area contributed by atoms with Gasteiger partial charge >= 0.3 is 11.9 Å². The second kappa shape index (κ2) is 11.5. The average Bonchev–Trinajstić information content (AvgIpc) is 3.25. The van der Waals surface area contributed by atoms with E-state index in [1.54, 1.807) is 24.3 Å². The van der Waals surface area contributed by atoms with Crippen molar-refractivity contribution in [1.29, 1.82) is 0 Å². The number of fused-ring (bicyclic) bond motifs is 3. The minimum Gasteiger partial charge on any atom is -0.489 e. The molecule has 2 N–H and O–H groups in total. The predicted molar refractivity (Wildman–Crippen MR) is 151 cm³/mol. The van der Waals surface area contributed by atoms with Crippen molar-refractivity contribution in [3.8, 4) is 22.6 Å². The second-order valence-corrected chi connectivity index (χ2v) is 10.00. The van der Waals surface area contributed by atoms with E-state index in [0.29, 0.717) is 21.4 Å². The molecule has 1 aliphatic rings. The summed E-state index contributed by atoms with van der Waals surface area (Å²) in [5.74, 6) is -1.10. The first-order valence-corrected chi connectivity index (χ1v) is 13.1. The average molecular weight is 562 g/mol. The predicted octanol–water partition coefficient (Wildman–Crippen LogP) is 6.79. The van der Waals surface area contributed by atoms with Crippen molar-refractivity contribution >= 4 is 35.1 Å². The Kier molecular flexibility index (Phi) is 7.89. The molecule has 0 fully saturated rings. The van der Waals surface area contributed by atoms with Gasteiger partial charge < -0.3 is 19.9 Å². The smallest absolute Gasteiger partial charge is 0.342 e. The molecule has 0 amide bonds. The Morgan fingerprint density at radius 1 is 0.872 bits per heavy atom. The summed E-state index contributed by atoms with van der Waals surface area (Å²) in [4.78, 5) is 25.6. The molecule has 0 bridgehead atoms. The fourth-order valence-electron chi connectivity index (χ4n) is 4.55. The highest BCUT2D eigenvalue weighted by Crippen LogP contribution is 2.44. The number of carbonyl (C=O) groups excluding carboxylic acids is 2. The summed E-state index contributed by atoms with van der Waals surface area (Å²) in [6, 6.07) is 24.9. The third-order valence-electron chi connectivity index (χ3n) is 6.54. The molecule has 4 aromatic carbocycles. The van der Waals surface area contributed by atoms with Crippen molar-refractivity contribution in [3.05, 3.63) is 117 Å². The minimum absolute atomic E-state index is 0.0256. The lowest BCUT2D eigenvalue weighted by Gasteiger charge is -2.17. The van der Waals surface area contributed by atoms with Crippen molar-refractivity contribution in [1.82, 2.24) is 0 Å². The lowest BCUT2D eigenvalue weighted by molar-refractivity contribution is -0.135. The van der Waals surface area contributed by atoms with Gasteiger partial charge in [0.25, 0.3) is 0 Å². The van der Waals surface area contributed by atoms with Gasteiger partial charge in [0.2, 0.25) is 0 Å². The molecule has 0 saturated heterocycles. The largest absolute Gasteiger partial charge is 0.489 e. The van der Waals surface area contributed by atoms with Gasteiger partial charge in [-0.3, -0.25) is 0 Å². The zero-order chi connectivity index (χ0) is 27.5. The number of esters is 2. The van der Waals surface area contributed by atoms with Crippen LogP contribution in [0.2, 0.25) is 10.0 Å². The first kappa shape index (κ1) is 26.8. The lowest BCUT2D eigenvalue weighted by atomic mass is 9.98. The van der Waals surface area contributed by atoms with Crippen LogP contribution in [-0.2, 0) is 16.1 Å². The van der Waals surface area contributed by atoms with E-state index in [2.05, 4.69) is 12.1 Å². The van der Waals surface area contributed by atoms with Crippen molar-refractivity contribution in [3.63, 3.8) is 0 Å². The maximum atomic E-state index is 13.4. The van der Waals surface area contributed by atoms with E-state index in [1.165, 1.54) is 19.1 Å². The summed E-state index contributed by atoms with van der Waals surface area (Å²) in [6.45, 7) is 1.68. The Labute approximate surface area is 236 Å². The number of halogens is 2. The van der Waals surface area contributed by atoms with Crippen molar-refractivity contribution in [2.45, 2.75) is 25.5 Å². The first-order valence-electron chi connectivity index (χ1n) is 12.4. The van der Waals surface area contributed by atoms with Crippen LogP contribution in [0.4, 0.5) is 0 Å². The molecular formula is C31H25Cl2NO5. The maximum absolute atomic E-state index is 13.4. The van der Waals surface area contributed by atoms with Gasteiger partial charge in [0.15, 0.2) is 0 Å². The number of hydrogen-bond donors (Lipinski definition) is 1. The maximum Gasteiger partial charge on any atom is 0.342 e. The summed E-state index contributed by atoms with van der Waals surface area (Å²) in [5.41, 5.74) is 10.7. The second-order valence-electron chi connectivity index (χ2n) is 9.18. The number of carbonyl (C=O) groups is 2. The molecule has 0 radical (unpaired) electrons. The molecule has 0 unspecified atom stereocenters. The topological polar surface area (TPSA) is 87.9 Å². The molecule has 39 heavy (non-hydrogen) atoms. The van der Waals surface area contributed by atoms with Crippen LogP contribution in [-0.4, -0.2) is 24.6 Å². The van der Waals surface area contributed by atoms with Crippen molar-refractivity contribution < 1.29 is 23.8 Å².